The summed E-state index contributed by atoms with van der Waals surface area (Å²) < 4.78 is 13.4. The lowest BCUT2D eigenvalue weighted by Crippen LogP contribution is -2.15. The summed E-state index contributed by atoms with van der Waals surface area (Å²) in [5.74, 6) is -0.245. The van der Waals surface area contributed by atoms with Crippen LogP contribution in [-0.4, -0.2) is 4.98 Å². The van der Waals surface area contributed by atoms with Crippen molar-refractivity contribution in [2.24, 2.45) is 5.73 Å². The Morgan fingerprint density at radius 3 is 2.81 bits per heavy atom. The van der Waals surface area contributed by atoms with E-state index in [9.17, 15) is 4.39 Å². The number of aryl methyl sites for hydroxylation is 1. The third-order valence-corrected chi connectivity index (χ3v) is 3.82. The van der Waals surface area contributed by atoms with Crippen molar-refractivity contribution in [1.82, 2.24) is 4.98 Å². The van der Waals surface area contributed by atoms with Crippen LogP contribution >= 0.6 is 0 Å². The van der Waals surface area contributed by atoms with E-state index >= 15 is 0 Å². The molecule has 0 fully saturated rings. The van der Waals surface area contributed by atoms with Crippen LogP contribution in [0.3, 0.4) is 0 Å². The molecule has 3 heteroatoms. The van der Waals surface area contributed by atoms with Gasteiger partial charge in [-0.25, -0.2) is 4.39 Å². The molecule has 1 atom stereocenters. The lowest BCUT2D eigenvalue weighted by molar-refractivity contribution is 0.617. The highest BCUT2D eigenvalue weighted by molar-refractivity contribution is 5.81. The number of rotatable bonds is 3. The Bertz CT molecular complexity index is 778. The normalized spacial score (nSPS) is 12.5. The Morgan fingerprint density at radius 1 is 1.14 bits per heavy atom. The highest BCUT2D eigenvalue weighted by Crippen LogP contribution is 2.24. The molecular formula is C18H17FN2. The maximum atomic E-state index is 13.4. The fraction of sp³-hybridized carbons (Fsp3) is 0.167. The molecule has 0 aliphatic carbocycles. The molecule has 2 aromatic carbocycles. The monoisotopic (exact) mass is 280 g/mol. The van der Waals surface area contributed by atoms with Gasteiger partial charge in [-0.05, 0) is 54.3 Å². The van der Waals surface area contributed by atoms with Crippen LogP contribution in [0.25, 0.3) is 10.9 Å². The van der Waals surface area contributed by atoms with Crippen LogP contribution in [-0.2, 0) is 6.42 Å². The smallest absolute Gasteiger partial charge is 0.123 e. The van der Waals surface area contributed by atoms with Crippen LogP contribution in [0.4, 0.5) is 4.39 Å². The van der Waals surface area contributed by atoms with Gasteiger partial charge in [0.05, 0.1) is 5.52 Å². The summed E-state index contributed by atoms with van der Waals surface area (Å²) in [4.78, 5) is 4.35. The molecule has 1 unspecified atom stereocenters. The highest BCUT2D eigenvalue weighted by Gasteiger charge is 2.12. The molecule has 21 heavy (non-hydrogen) atoms. The minimum atomic E-state index is -0.245. The first kappa shape index (κ1) is 13.7. The average molecular weight is 280 g/mol. The predicted octanol–water partition coefficient (Wildman–Crippen LogP) is 3.92. The van der Waals surface area contributed by atoms with E-state index in [-0.39, 0.29) is 11.9 Å². The topological polar surface area (TPSA) is 38.9 Å². The average Bonchev–Trinajstić information content (AvgIpc) is 2.50. The second-order valence-electron chi connectivity index (χ2n) is 5.30. The number of hydrogen-bond donors (Lipinski definition) is 1. The molecular weight excluding hydrogens is 263 g/mol. The molecule has 3 aromatic rings. The number of fused-ring (bicyclic) bond motifs is 1. The molecule has 3 rings (SSSR count). The van der Waals surface area contributed by atoms with E-state index < -0.39 is 0 Å². The maximum Gasteiger partial charge on any atom is 0.123 e. The summed E-state index contributed by atoms with van der Waals surface area (Å²) in [6.07, 6.45) is 2.45. The quantitative estimate of drug-likeness (QED) is 0.789. The van der Waals surface area contributed by atoms with Crippen molar-refractivity contribution < 1.29 is 4.39 Å². The molecule has 0 bridgehead atoms. The predicted molar refractivity (Wildman–Crippen MR) is 83.5 cm³/mol. The number of halogens is 1. The standard InChI is InChI=1S/C18H17FN2/c1-12-6-7-14(19)11-16(12)17(20)10-13-8-9-21-18-5-3-2-4-15(13)18/h2-9,11,17H,10,20H2,1H3. The number of pyridine rings is 1. The van der Waals surface area contributed by atoms with Gasteiger partial charge in [0, 0.05) is 17.6 Å². The lowest BCUT2D eigenvalue weighted by Gasteiger charge is -2.16. The van der Waals surface area contributed by atoms with E-state index in [1.165, 1.54) is 12.1 Å². The highest BCUT2D eigenvalue weighted by atomic mass is 19.1. The Balaban J connectivity index is 1.96. The summed E-state index contributed by atoms with van der Waals surface area (Å²) in [5.41, 5.74) is 10.3. The van der Waals surface area contributed by atoms with Crippen LogP contribution in [0.1, 0.15) is 22.7 Å². The fourth-order valence-electron chi connectivity index (χ4n) is 2.69. The van der Waals surface area contributed by atoms with Gasteiger partial charge < -0.3 is 5.73 Å². The number of nitrogens with zero attached hydrogens (tertiary/aromatic N) is 1. The molecule has 1 aromatic heterocycles. The zero-order valence-electron chi connectivity index (χ0n) is 11.9. The number of nitrogens with two attached hydrogens (primary N) is 1. The molecule has 0 aliphatic heterocycles. The van der Waals surface area contributed by atoms with E-state index in [1.807, 2.05) is 37.3 Å². The van der Waals surface area contributed by atoms with E-state index in [0.717, 1.165) is 27.6 Å². The summed E-state index contributed by atoms with van der Waals surface area (Å²) in [6.45, 7) is 1.96. The molecule has 0 saturated heterocycles. The first-order valence-electron chi connectivity index (χ1n) is 6.99. The molecule has 2 nitrogen and oxygen atoms in total. The number of benzene rings is 2. The van der Waals surface area contributed by atoms with Crippen LogP contribution in [0.15, 0.2) is 54.7 Å². The Morgan fingerprint density at radius 2 is 1.95 bits per heavy atom. The second-order valence-corrected chi connectivity index (χ2v) is 5.30. The van der Waals surface area contributed by atoms with Gasteiger partial charge in [-0.1, -0.05) is 24.3 Å². The molecule has 0 spiro atoms. The molecule has 2 N–H and O–H groups in total. The van der Waals surface area contributed by atoms with Gasteiger partial charge in [-0.2, -0.15) is 0 Å². The minimum absolute atomic E-state index is 0.230. The van der Waals surface area contributed by atoms with Crippen molar-refractivity contribution in [1.29, 1.82) is 0 Å². The molecule has 1 heterocycles. The van der Waals surface area contributed by atoms with Crippen molar-refractivity contribution in [3.63, 3.8) is 0 Å². The van der Waals surface area contributed by atoms with E-state index in [0.29, 0.717) is 6.42 Å². The van der Waals surface area contributed by atoms with Crippen molar-refractivity contribution in [2.75, 3.05) is 0 Å². The van der Waals surface area contributed by atoms with Gasteiger partial charge in [0.2, 0.25) is 0 Å². The Hall–Kier alpha value is -2.26. The third kappa shape index (κ3) is 2.78. The first-order valence-corrected chi connectivity index (χ1v) is 6.99. The SMILES string of the molecule is Cc1ccc(F)cc1C(N)Cc1ccnc2ccccc12. The Kier molecular flexibility index (Phi) is 3.67. The zero-order chi connectivity index (χ0) is 14.8. The molecule has 106 valence electrons. The summed E-state index contributed by atoms with van der Waals surface area (Å²) in [6, 6.07) is 14.5. The van der Waals surface area contributed by atoms with Gasteiger partial charge in [0.25, 0.3) is 0 Å². The zero-order valence-corrected chi connectivity index (χ0v) is 11.9. The molecule has 0 saturated carbocycles. The summed E-state index contributed by atoms with van der Waals surface area (Å²) >= 11 is 0. The minimum Gasteiger partial charge on any atom is -0.324 e. The number of hydrogen-bond acceptors (Lipinski definition) is 2. The van der Waals surface area contributed by atoms with Crippen molar-refractivity contribution in [3.05, 3.63) is 77.2 Å². The van der Waals surface area contributed by atoms with Gasteiger partial charge in [0.15, 0.2) is 0 Å². The van der Waals surface area contributed by atoms with Crippen LogP contribution in [0, 0.1) is 12.7 Å². The largest absolute Gasteiger partial charge is 0.324 e. The Labute approximate surface area is 123 Å². The van der Waals surface area contributed by atoms with Crippen molar-refractivity contribution in [3.8, 4) is 0 Å². The summed E-state index contributed by atoms with van der Waals surface area (Å²) in [7, 11) is 0. The van der Waals surface area contributed by atoms with Crippen LogP contribution in [0.2, 0.25) is 0 Å². The van der Waals surface area contributed by atoms with Gasteiger partial charge in [0.1, 0.15) is 5.82 Å². The van der Waals surface area contributed by atoms with E-state index in [4.69, 9.17) is 5.73 Å². The maximum absolute atomic E-state index is 13.4. The van der Waals surface area contributed by atoms with Gasteiger partial charge in [-0.15, -0.1) is 0 Å². The fourth-order valence-corrected chi connectivity index (χ4v) is 2.69. The van der Waals surface area contributed by atoms with E-state index in [2.05, 4.69) is 4.98 Å². The second kappa shape index (κ2) is 5.62. The van der Waals surface area contributed by atoms with E-state index in [1.54, 1.807) is 12.3 Å². The van der Waals surface area contributed by atoms with Crippen molar-refractivity contribution in [2.45, 2.75) is 19.4 Å². The van der Waals surface area contributed by atoms with Gasteiger partial charge >= 0.3 is 0 Å². The van der Waals surface area contributed by atoms with Crippen LogP contribution in [0.5, 0.6) is 0 Å². The molecule has 0 amide bonds. The number of aromatic nitrogens is 1. The first-order chi connectivity index (χ1) is 10.1. The lowest BCUT2D eigenvalue weighted by atomic mass is 9.94. The van der Waals surface area contributed by atoms with Crippen LogP contribution < -0.4 is 5.73 Å². The van der Waals surface area contributed by atoms with Gasteiger partial charge in [-0.3, -0.25) is 4.98 Å². The number of para-hydroxylation sites is 1. The summed E-state index contributed by atoms with van der Waals surface area (Å²) in [5, 5.41) is 1.10. The molecule has 0 radical (unpaired) electrons. The van der Waals surface area contributed by atoms with Crippen molar-refractivity contribution >= 4 is 10.9 Å². The third-order valence-electron chi connectivity index (χ3n) is 3.82. The molecule has 0 aliphatic rings.